The van der Waals surface area contributed by atoms with Crippen LogP contribution in [0.3, 0.4) is 0 Å². The molecule has 0 atom stereocenters. The molecule has 0 aliphatic rings. The van der Waals surface area contributed by atoms with Gasteiger partial charge in [0.2, 0.25) is 0 Å². The van der Waals surface area contributed by atoms with Crippen molar-refractivity contribution in [3.8, 4) is 5.75 Å². The maximum atomic E-state index is 12.8. The second kappa shape index (κ2) is 6.84. The van der Waals surface area contributed by atoms with Crippen LogP contribution >= 0.6 is 0 Å². The third-order valence-electron chi connectivity index (χ3n) is 4.08. The van der Waals surface area contributed by atoms with Crippen LogP contribution in [0.2, 0.25) is 0 Å². The number of fused-ring (bicyclic) bond motifs is 2. The number of carbonyl (C=O) groups excluding carboxylic acids is 2. The van der Waals surface area contributed by atoms with Gasteiger partial charge in [-0.2, -0.15) is 0 Å². The summed E-state index contributed by atoms with van der Waals surface area (Å²) in [6.07, 6.45) is 0. The molecule has 0 N–H and O–H groups in total. The second-order valence-corrected chi connectivity index (χ2v) is 5.76. The molecule has 6 nitrogen and oxygen atoms in total. The summed E-state index contributed by atoms with van der Waals surface area (Å²) >= 11 is 0. The topological polar surface area (TPSA) is 78.4 Å². The van der Waals surface area contributed by atoms with E-state index in [2.05, 4.69) is 9.97 Å². The van der Waals surface area contributed by atoms with E-state index in [1.54, 1.807) is 30.3 Å². The standard InChI is InChI=1S/C21H14N2O4/c1-26-20(24)13-7-2-5-12-18(13)27-21(25)14-8-6-11-17-19(14)23-16-10-4-3-9-15(16)22-17/h2-12H,1H3. The number of esters is 2. The first-order valence-corrected chi connectivity index (χ1v) is 8.22. The number of hydrogen-bond acceptors (Lipinski definition) is 6. The summed E-state index contributed by atoms with van der Waals surface area (Å²) in [5.74, 6) is -1.08. The summed E-state index contributed by atoms with van der Waals surface area (Å²) in [7, 11) is 1.27. The number of para-hydroxylation sites is 4. The summed E-state index contributed by atoms with van der Waals surface area (Å²) in [6, 6.07) is 19.0. The zero-order valence-electron chi connectivity index (χ0n) is 14.4. The Morgan fingerprint density at radius 1 is 0.704 bits per heavy atom. The summed E-state index contributed by atoms with van der Waals surface area (Å²) in [6.45, 7) is 0. The molecule has 0 saturated heterocycles. The number of rotatable bonds is 3. The minimum absolute atomic E-state index is 0.125. The Kier molecular flexibility index (Phi) is 4.22. The minimum atomic E-state index is -0.624. The van der Waals surface area contributed by atoms with Crippen molar-refractivity contribution in [2.24, 2.45) is 0 Å². The van der Waals surface area contributed by atoms with Gasteiger partial charge >= 0.3 is 11.9 Å². The molecule has 0 radical (unpaired) electrons. The lowest BCUT2D eigenvalue weighted by Gasteiger charge is -2.10. The predicted octanol–water partition coefficient (Wildman–Crippen LogP) is 3.79. The molecule has 0 aliphatic carbocycles. The van der Waals surface area contributed by atoms with E-state index in [9.17, 15) is 9.59 Å². The van der Waals surface area contributed by atoms with Crippen LogP contribution in [0.1, 0.15) is 20.7 Å². The van der Waals surface area contributed by atoms with Gasteiger partial charge in [0, 0.05) is 0 Å². The van der Waals surface area contributed by atoms with Gasteiger partial charge in [-0.05, 0) is 36.4 Å². The van der Waals surface area contributed by atoms with E-state index in [0.717, 1.165) is 5.52 Å². The molecule has 27 heavy (non-hydrogen) atoms. The Labute approximate surface area is 154 Å². The van der Waals surface area contributed by atoms with E-state index in [0.29, 0.717) is 16.6 Å². The third kappa shape index (κ3) is 3.08. The number of carbonyl (C=O) groups is 2. The fourth-order valence-corrected chi connectivity index (χ4v) is 2.80. The normalized spacial score (nSPS) is 10.7. The van der Waals surface area contributed by atoms with Gasteiger partial charge < -0.3 is 9.47 Å². The molecule has 4 rings (SSSR count). The Morgan fingerprint density at radius 2 is 1.33 bits per heavy atom. The molecule has 0 saturated carbocycles. The van der Waals surface area contributed by atoms with Crippen LogP contribution in [-0.4, -0.2) is 29.0 Å². The van der Waals surface area contributed by atoms with E-state index in [-0.39, 0.29) is 16.9 Å². The second-order valence-electron chi connectivity index (χ2n) is 5.76. The van der Waals surface area contributed by atoms with Crippen LogP contribution < -0.4 is 4.74 Å². The molecule has 6 heteroatoms. The molecule has 4 aromatic rings. The highest BCUT2D eigenvalue weighted by Crippen LogP contribution is 2.23. The zero-order valence-corrected chi connectivity index (χ0v) is 14.4. The third-order valence-corrected chi connectivity index (χ3v) is 4.08. The highest BCUT2D eigenvalue weighted by molar-refractivity contribution is 6.05. The number of aromatic nitrogens is 2. The number of ether oxygens (including phenoxy) is 2. The molecular formula is C21H14N2O4. The van der Waals surface area contributed by atoms with Crippen molar-refractivity contribution >= 4 is 34.0 Å². The van der Waals surface area contributed by atoms with Gasteiger partial charge in [-0.3, -0.25) is 0 Å². The van der Waals surface area contributed by atoms with Gasteiger partial charge in [0.15, 0.2) is 0 Å². The molecule has 0 unspecified atom stereocenters. The van der Waals surface area contributed by atoms with Gasteiger partial charge in [-0.1, -0.05) is 30.3 Å². The molecular weight excluding hydrogens is 344 g/mol. The smallest absolute Gasteiger partial charge is 0.345 e. The molecule has 3 aromatic carbocycles. The minimum Gasteiger partial charge on any atom is -0.465 e. The van der Waals surface area contributed by atoms with E-state index < -0.39 is 11.9 Å². The monoisotopic (exact) mass is 358 g/mol. The zero-order chi connectivity index (χ0) is 18.8. The lowest BCUT2D eigenvalue weighted by atomic mass is 10.1. The summed E-state index contributed by atoms with van der Waals surface area (Å²) < 4.78 is 10.2. The molecule has 0 amide bonds. The molecule has 132 valence electrons. The summed E-state index contributed by atoms with van der Waals surface area (Å²) in [5, 5.41) is 0. The van der Waals surface area contributed by atoms with Crippen molar-refractivity contribution in [1.82, 2.24) is 9.97 Å². The lowest BCUT2D eigenvalue weighted by Crippen LogP contribution is -2.13. The van der Waals surface area contributed by atoms with Crippen molar-refractivity contribution < 1.29 is 19.1 Å². The van der Waals surface area contributed by atoms with Gasteiger partial charge in [0.25, 0.3) is 0 Å². The highest BCUT2D eigenvalue weighted by atomic mass is 16.5. The van der Waals surface area contributed by atoms with Gasteiger partial charge in [-0.15, -0.1) is 0 Å². The SMILES string of the molecule is COC(=O)c1ccccc1OC(=O)c1cccc2nc3ccccc3nc12. The average molecular weight is 358 g/mol. The first kappa shape index (κ1) is 16.7. The predicted molar refractivity (Wildman–Crippen MR) is 99.8 cm³/mol. The van der Waals surface area contributed by atoms with Crippen molar-refractivity contribution in [3.05, 3.63) is 77.9 Å². The van der Waals surface area contributed by atoms with Crippen LogP contribution in [0.5, 0.6) is 5.75 Å². The summed E-state index contributed by atoms with van der Waals surface area (Å²) in [4.78, 5) is 33.8. The van der Waals surface area contributed by atoms with E-state index >= 15 is 0 Å². The van der Waals surface area contributed by atoms with Gasteiger partial charge in [0.05, 0.1) is 29.2 Å². The Balaban J connectivity index is 1.78. The Hall–Kier alpha value is -3.80. The highest BCUT2D eigenvalue weighted by Gasteiger charge is 2.19. The van der Waals surface area contributed by atoms with Crippen molar-refractivity contribution in [2.75, 3.05) is 7.11 Å². The van der Waals surface area contributed by atoms with Crippen molar-refractivity contribution in [2.45, 2.75) is 0 Å². The van der Waals surface area contributed by atoms with E-state index in [4.69, 9.17) is 9.47 Å². The molecule has 0 bridgehead atoms. The number of methoxy groups -OCH3 is 1. The number of benzene rings is 3. The maximum Gasteiger partial charge on any atom is 0.345 e. The molecule has 1 aromatic heterocycles. The number of nitrogens with zero attached hydrogens (tertiary/aromatic N) is 2. The largest absolute Gasteiger partial charge is 0.465 e. The van der Waals surface area contributed by atoms with Crippen LogP contribution in [-0.2, 0) is 4.74 Å². The molecule has 0 aliphatic heterocycles. The van der Waals surface area contributed by atoms with E-state index in [1.165, 1.54) is 19.2 Å². The summed E-state index contributed by atoms with van der Waals surface area (Å²) in [5.41, 5.74) is 2.89. The maximum absolute atomic E-state index is 12.8. The number of hydrogen-bond donors (Lipinski definition) is 0. The quantitative estimate of drug-likeness (QED) is 0.315. The fourth-order valence-electron chi connectivity index (χ4n) is 2.80. The Bertz CT molecular complexity index is 1190. The first-order valence-electron chi connectivity index (χ1n) is 8.22. The fraction of sp³-hybridized carbons (Fsp3) is 0.0476. The van der Waals surface area contributed by atoms with Crippen molar-refractivity contribution in [3.63, 3.8) is 0 Å². The van der Waals surface area contributed by atoms with Crippen LogP contribution in [0.4, 0.5) is 0 Å². The van der Waals surface area contributed by atoms with E-state index in [1.807, 2.05) is 24.3 Å². The Morgan fingerprint density at radius 3 is 2.11 bits per heavy atom. The molecule has 0 fully saturated rings. The lowest BCUT2D eigenvalue weighted by molar-refractivity contribution is 0.0593. The van der Waals surface area contributed by atoms with Crippen LogP contribution in [0, 0.1) is 0 Å². The first-order chi connectivity index (χ1) is 13.2. The molecule has 0 spiro atoms. The van der Waals surface area contributed by atoms with Crippen LogP contribution in [0.15, 0.2) is 66.7 Å². The average Bonchev–Trinajstić information content (AvgIpc) is 2.71. The van der Waals surface area contributed by atoms with Crippen LogP contribution in [0.25, 0.3) is 22.1 Å². The van der Waals surface area contributed by atoms with Gasteiger partial charge in [0.1, 0.15) is 16.8 Å². The molecule has 1 heterocycles. The van der Waals surface area contributed by atoms with Crippen molar-refractivity contribution in [1.29, 1.82) is 0 Å². The van der Waals surface area contributed by atoms with Gasteiger partial charge in [-0.25, -0.2) is 19.6 Å².